The van der Waals surface area contributed by atoms with Crippen molar-refractivity contribution < 1.29 is 19.1 Å². The third kappa shape index (κ3) is 4.58. The number of hydrogen-bond acceptors (Lipinski definition) is 7. The predicted molar refractivity (Wildman–Crippen MR) is 115 cm³/mol. The Morgan fingerprint density at radius 2 is 1.97 bits per heavy atom. The van der Waals surface area contributed by atoms with Gasteiger partial charge in [-0.05, 0) is 38.0 Å². The van der Waals surface area contributed by atoms with Gasteiger partial charge in [0.25, 0.3) is 11.5 Å². The quantitative estimate of drug-likeness (QED) is 0.458. The van der Waals surface area contributed by atoms with E-state index in [2.05, 4.69) is 10.3 Å². The normalized spacial score (nSPS) is 10.9. The minimum absolute atomic E-state index is 0.111. The van der Waals surface area contributed by atoms with Crippen LogP contribution in [0, 0.1) is 20.8 Å². The highest BCUT2D eigenvalue weighted by Crippen LogP contribution is 2.28. The van der Waals surface area contributed by atoms with E-state index in [0.717, 1.165) is 22.5 Å². The van der Waals surface area contributed by atoms with Gasteiger partial charge in [0.05, 0.1) is 23.2 Å². The van der Waals surface area contributed by atoms with Gasteiger partial charge < -0.3 is 14.8 Å². The average Bonchev–Trinajstić information content (AvgIpc) is 3.04. The monoisotopic (exact) mass is 429 g/mol. The summed E-state index contributed by atoms with van der Waals surface area (Å²) in [5.41, 5.74) is 2.93. The van der Waals surface area contributed by atoms with Gasteiger partial charge in [-0.3, -0.25) is 19.0 Å². The molecule has 3 rings (SSSR count). The highest BCUT2D eigenvalue weighted by molar-refractivity contribution is 7.20. The van der Waals surface area contributed by atoms with E-state index in [-0.39, 0.29) is 31.2 Å². The maximum absolute atomic E-state index is 12.9. The van der Waals surface area contributed by atoms with Gasteiger partial charge in [0.2, 0.25) is 0 Å². The van der Waals surface area contributed by atoms with Gasteiger partial charge in [0, 0.05) is 12.8 Å². The molecule has 0 aliphatic carbocycles. The number of anilines is 1. The number of fused-ring (bicyclic) bond motifs is 1. The summed E-state index contributed by atoms with van der Waals surface area (Å²) < 4.78 is 11.0. The molecule has 3 aromatic rings. The Balaban J connectivity index is 1.86. The largest absolute Gasteiger partial charge is 0.462 e. The molecule has 0 aliphatic heterocycles. The number of carbonyl (C=O) groups excluding carboxylic acids is 2. The van der Waals surface area contributed by atoms with Crippen LogP contribution < -0.4 is 10.9 Å². The molecule has 158 valence electrons. The number of esters is 1. The molecule has 0 atom stereocenters. The van der Waals surface area contributed by atoms with Gasteiger partial charge in [-0.25, -0.2) is 4.98 Å². The summed E-state index contributed by atoms with van der Waals surface area (Å²) in [7, 11) is 1.50. The third-order valence-electron chi connectivity index (χ3n) is 4.60. The second-order valence-corrected chi connectivity index (χ2v) is 7.90. The second kappa shape index (κ2) is 9.19. The zero-order chi connectivity index (χ0) is 21.8. The lowest BCUT2D eigenvalue weighted by Gasteiger charge is -2.08. The van der Waals surface area contributed by atoms with Crippen LogP contribution in [0.1, 0.15) is 26.4 Å². The zero-order valence-corrected chi connectivity index (χ0v) is 18.1. The van der Waals surface area contributed by atoms with Crippen LogP contribution in [0.25, 0.3) is 10.2 Å². The van der Waals surface area contributed by atoms with Crippen molar-refractivity contribution in [2.24, 2.45) is 0 Å². The molecule has 0 unspecified atom stereocenters. The van der Waals surface area contributed by atoms with Gasteiger partial charge in [-0.2, -0.15) is 0 Å². The van der Waals surface area contributed by atoms with Crippen molar-refractivity contribution in [3.8, 4) is 0 Å². The van der Waals surface area contributed by atoms with E-state index in [1.54, 1.807) is 6.92 Å². The Morgan fingerprint density at radius 3 is 2.67 bits per heavy atom. The first-order valence-electron chi connectivity index (χ1n) is 9.33. The van der Waals surface area contributed by atoms with Crippen LogP contribution >= 0.6 is 11.3 Å². The van der Waals surface area contributed by atoms with E-state index in [1.807, 2.05) is 32.0 Å². The first-order valence-corrected chi connectivity index (χ1v) is 10.1. The topological polar surface area (TPSA) is 99.5 Å². The summed E-state index contributed by atoms with van der Waals surface area (Å²) in [5, 5.41) is 3.23. The lowest BCUT2D eigenvalue weighted by Crippen LogP contribution is -2.26. The molecular formula is C21H23N3O5S. The van der Waals surface area contributed by atoms with Crippen molar-refractivity contribution in [3.05, 3.63) is 56.4 Å². The lowest BCUT2D eigenvalue weighted by molar-refractivity contribution is -0.145. The van der Waals surface area contributed by atoms with Crippen LogP contribution in [-0.2, 0) is 20.8 Å². The number of aromatic nitrogens is 2. The van der Waals surface area contributed by atoms with Gasteiger partial charge in [0.15, 0.2) is 0 Å². The summed E-state index contributed by atoms with van der Waals surface area (Å²) in [6, 6.07) is 5.76. The van der Waals surface area contributed by atoms with E-state index in [9.17, 15) is 14.4 Å². The molecule has 0 bridgehead atoms. The van der Waals surface area contributed by atoms with Crippen molar-refractivity contribution in [1.82, 2.24) is 9.55 Å². The molecule has 2 heterocycles. The molecule has 9 heteroatoms. The standard InChI is InChI=1S/C21H23N3O5S/c1-12-5-6-15(13(2)9-12)23-19(26)18-14(3)17-20(30-18)22-11-24(21(17)27)10-16(25)29-8-7-28-4/h5-6,9,11H,7-8,10H2,1-4H3,(H,23,26). The van der Waals surface area contributed by atoms with Gasteiger partial charge in [0.1, 0.15) is 18.0 Å². The maximum atomic E-state index is 12.9. The summed E-state index contributed by atoms with van der Waals surface area (Å²) in [4.78, 5) is 42.7. The van der Waals surface area contributed by atoms with Crippen molar-refractivity contribution in [1.29, 1.82) is 0 Å². The van der Waals surface area contributed by atoms with Crippen LogP contribution in [0.4, 0.5) is 5.69 Å². The second-order valence-electron chi connectivity index (χ2n) is 6.90. The summed E-state index contributed by atoms with van der Waals surface area (Å²) in [5.74, 6) is -0.858. The molecular weight excluding hydrogens is 406 g/mol. The molecule has 8 nitrogen and oxygen atoms in total. The summed E-state index contributed by atoms with van der Waals surface area (Å²) >= 11 is 1.15. The summed E-state index contributed by atoms with van der Waals surface area (Å²) in [6.45, 7) is 5.75. The SMILES string of the molecule is COCCOC(=O)Cn1cnc2sc(C(=O)Nc3ccc(C)cc3C)c(C)c2c1=O. The number of methoxy groups -OCH3 is 1. The Bertz CT molecular complexity index is 1170. The minimum atomic E-state index is -0.559. The fourth-order valence-electron chi connectivity index (χ4n) is 3.04. The first kappa shape index (κ1) is 21.7. The van der Waals surface area contributed by atoms with Crippen LogP contribution in [-0.4, -0.2) is 41.8 Å². The van der Waals surface area contributed by atoms with Crippen LogP contribution in [0.2, 0.25) is 0 Å². The number of thiophene rings is 1. The molecule has 0 aliphatic rings. The van der Waals surface area contributed by atoms with E-state index in [4.69, 9.17) is 9.47 Å². The van der Waals surface area contributed by atoms with E-state index >= 15 is 0 Å². The first-order chi connectivity index (χ1) is 14.3. The molecule has 0 saturated heterocycles. The smallest absolute Gasteiger partial charge is 0.326 e. The Hall–Kier alpha value is -3.04. The van der Waals surface area contributed by atoms with Crippen LogP contribution in [0.5, 0.6) is 0 Å². The molecule has 1 N–H and O–H groups in total. The van der Waals surface area contributed by atoms with E-state index < -0.39 is 5.97 Å². The Morgan fingerprint density at radius 1 is 1.20 bits per heavy atom. The molecule has 0 fully saturated rings. The fourth-order valence-corrected chi connectivity index (χ4v) is 4.08. The zero-order valence-electron chi connectivity index (χ0n) is 17.3. The molecule has 0 radical (unpaired) electrons. The number of nitrogens with zero attached hydrogens (tertiary/aromatic N) is 2. The predicted octanol–water partition coefficient (Wildman–Crippen LogP) is 2.83. The van der Waals surface area contributed by atoms with Crippen molar-refractivity contribution in [3.63, 3.8) is 0 Å². The highest BCUT2D eigenvalue weighted by Gasteiger charge is 2.20. The number of benzene rings is 1. The summed E-state index contributed by atoms with van der Waals surface area (Å²) in [6.07, 6.45) is 1.30. The number of ether oxygens (including phenoxy) is 2. The fraction of sp³-hybridized carbons (Fsp3) is 0.333. The molecule has 1 aromatic carbocycles. The Kier molecular flexibility index (Phi) is 6.63. The third-order valence-corrected chi connectivity index (χ3v) is 5.80. The number of carbonyl (C=O) groups is 2. The van der Waals surface area contributed by atoms with Gasteiger partial charge >= 0.3 is 5.97 Å². The average molecular weight is 429 g/mol. The highest BCUT2D eigenvalue weighted by atomic mass is 32.1. The number of rotatable bonds is 7. The minimum Gasteiger partial charge on any atom is -0.462 e. The number of nitrogens with one attached hydrogen (secondary N) is 1. The number of aryl methyl sites for hydroxylation is 3. The lowest BCUT2D eigenvalue weighted by atomic mass is 10.1. The van der Waals surface area contributed by atoms with Crippen LogP contribution in [0.3, 0.4) is 0 Å². The molecule has 0 spiro atoms. The van der Waals surface area contributed by atoms with Gasteiger partial charge in [-0.15, -0.1) is 11.3 Å². The van der Waals surface area contributed by atoms with Crippen LogP contribution in [0.15, 0.2) is 29.3 Å². The van der Waals surface area contributed by atoms with Gasteiger partial charge in [-0.1, -0.05) is 17.7 Å². The maximum Gasteiger partial charge on any atom is 0.326 e. The van der Waals surface area contributed by atoms with Crippen molar-refractivity contribution in [2.75, 3.05) is 25.6 Å². The number of hydrogen-bond donors (Lipinski definition) is 1. The van der Waals surface area contributed by atoms with Crippen molar-refractivity contribution >= 4 is 39.1 Å². The Labute approximate surface area is 177 Å². The van der Waals surface area contributed by atoms with Crippen molar-refractivity contribution in [2.45, 2.75) is 27.3 Å². The molecule has 1 amide bonds. The molecule has 30 heavy (non-hydrogen) atoms. The molecule has 2 aromatic heterocycles. The van der Waals surface area contributed by atoms with E-state index in [0.29, 0.717) is 26.3 Å². The molecule has 0 saturated carbocycles. The number of amides is 1. The van der Waals surface area contributed by atoms with E-state index in [1.165, 1.54) is 18.0 Å².